The van der Waals surface area contributed by atoms with E-state index in [0.29, 0.717) is 28.2 Å². The van der Waals surface area contributed by atoms with Gasteiger partial charge in [0, 0.05) is 34.2 Å². The van der Waals surface area contributed by atoms with E-state index < -0.39 is 0 Å². The van der Waals surface area contributed by atoms with E-state index in [-0.39, 0.29) is 23.9 Å². The minimum atomic E-state index is -0.304. The monoisotopic (exact) mass is 416 g/mol. The highest BCUT2D eigenvalue weighted by Gasteiger charge is 2.09. The standard InChI is InChI=1S/C24H24N4O3/c1-16(2)25-24(31)28-19-13-11-18(12-14-19)23(30)27-21-10-6-9-20(15-21)26-22(29)17-7-4-3-5-8-17/h3-16H,1-2H3,(H,26,29)(H,27,30)(H2,25,28,31). The number of hydrogen-bond acceptors (Lipinski definition) is 3. The van der Waals surface area contributed by atoms with E-state index in [1.54, 1.807) is 72.8 Å². The van der Waals surface area contributed by atoms with Gasteiger partial charge < -0.3 is 21.3 Å². The quantitative estimate of drug-likeness (QED) is 0.468. The molecule has 0 aliphatic rings. The third-order valence-corrected chi connectivity index (χ3v) is 4.24. The van der Waals surface area contributed by atoms with Crippen molar-refractivity contribution in [3.05, 3.63) is 90.0 Å². The third-order valence-electron chi connectivity index (χ3n) is 4.24. The SMILES string of the molecule is CC(C)NC(=O)Nc1ccc(C(=O)Nc2cccc(NC(=O)c3ccccc3)c2)cc1. The Labute approximate surface area is 180 Å². The maximum Gasteiger partial charge on any atom is 0.319 e. The van der Waals surface area contributed by atoms with E-state index in [1.165, 1.54) is 0 Å². The van der Waals surface area contributed by atoms with Gasteiger partial charge in [0.05, 0.1) is 0 Å². The van der Waals surface area contributed by atoms with E-state index in [0.717, 1.165) is 0 Å². The largest absolute Gasteiger partial charge is 0.336 e. The predicted octanol–water partition coefficient (Wildman–Crippen LogP) is 4.72. The van der Waals surface area contributed by atoms with Crippen LogP contribution in [0.25, 0.3) is 0 Å². The van der Waals surface area contributed by atoms with Gasteiger partial charge in [-0.15, -0.1) is 0 Å². The first-order valence-corrected chi connectivity index (χ1v) is 9.86. The molecule has 0 aromatic heterocycles. The van der Waals surface area contributed by atoms with E-state index in [9.17, 15) is 14.4 Å². The molecule has 0 saturated carbocycles. The zero-order valence-electron chi connectivity index (χ0n) is 17.3. The van der Waals surface area contributed by atoms with Gasteiger partial charge in [0.2, 0.25) is 0 Å². The van der Waals surface area contributed by atoms with Gasteiger partial charge in [-0.3, -0.25) is 9.59 Å². The van der Waals surface area contributed by atoms with Crippen LogP contribution in [0.15, 0.2) is 78.9 Å². The first-order valence-electron chi connectivity index (χ1n) is 9.86. The van der Waals surface area contributed by atoms with Gasteiger partial charge >= 0.3 is 6.03 Å². The molecule has 4 N–H and O–H groups in total. The maximum absolute atomic E-state index is 12.5. The van der Waals surface area contributed by atoms with Crippen LogP contribution < -0.4 is 21.3 Å². The molecule has 0 bridgehead atoms. The fourth-order valence-corrected chi connectivity index (χ4v) is 2.81. The van der Waals surface area contributed by atoms with Crippen LogP contribution in [0.5, 0.6) is 0 Å². The van der Waals surface area contributed by atoms with Gasteiger partial charge in [0.15, 0.2) is 0 Å². The van der Waals surface area contributed by atoms with Gasteiger partial charge in [-0.2, -0.15) is 0 Å². The number of carbonyl (C=O) groups excluding carboxylic acids is 3. The number of benzene rings is 3. The lowest BCUT2D eigenvalue weighted by molar-refractivity contribution is 0.101. The lowest BCUT2D eigenvalue weighted by Gasteiger charge is -2.11. The van der Waals surface area contributed by atoms with E-state index in [2.05, 4.69) is 21.3 Å². The lowest BCUT2D eigenvalue weighted by Crippen LogP contribution is -2.34. The van der Waals surface area contributed by atoms with E-state index in [4.69, 9.17) is 0 Å². The minimum absolute atomic E-state index is 0.0262. The zero-order valence-corrected chi connectivity index (χ0v) is 17.3. The van der Waals surface area contributed by atoms with Crippen molar-refractivity contribution in [1.82, 2.24) is 5.32 Å². The molecule has 0 radical (unpaired) electrons. The second kappa shape index (κ2) is 10.1. The fourth-order valence-electron chi connectivity index (χ4n) is 2.81. The van der Waals surface area contributed by atoms with Crippen molar-refractivity contribution in [3.8, 4) is 0 Å². The minimum Gasteiger partial charge on any atom is -0.336 e. The fraction of sp³-hybridized carbons (Fsp3) is 0.125. The molecule has 7 heteroatoms. The number of carbonyl (C=O) groups is 3. The normalized spacial score (nSPS) is 10.3. The molecular weight excluding hydrogens is 392 g/mol. The van der Waals surface area contributed by atoms with Crippen molar-refractivity contribution in [1.29, 1.82) is 0 Å². The van der Waals surface area contributed by atoms with Crippen molar-refractivity contribution < 1.29 is 14.4 Å². The van der Waals surface area contributed by atoms with Crippen molar-refractivity contribution in [2.75, 3.05) is 16.0 Å². The summed E-state index contributed by atoms with van der Waals surface area (Å²) in [5.41, 5.74) is 2.69. The van der Waals surface area contributed by atoms with Crippen molar-refractivity contribution >= 4 is 34.9 Å². The van der Waals surface area contributed by atoms with Gasteiger partial charge in [-0.25, -0.2) is 4.79 Å². The topological polar surface area (TPSA) is 99.3 Å². The first-order chi connectivity index (χ1) is 14.9. The average molecular weight is 416 g/mol. The molecule has 31 heavy (non-hydrogen) atoms. The highest BCUT2D eigenvalue weighted by Crippen LogP contribution is 2.18. The second-order valence-corrected chi connectivity index (χ2v) is 7.19. The second-order valence-electron chi connectivity index (χ2n) is 7.19. The maximum atomic E-state index is 12.5. The highest BCUT2D eigenvalue weighted by atomic mass is 16.2. The molecule has 3 rings (SSSR count). The molecule has 0 atom stereocenters. The van der Waals surface area contributed by atoms with Crippen LogP contribution in [0, 0.1) is 0 Å². The molecule has 0 unspecified atom stereocenters. The Morgan fingerprint density at radius 3 is 1.71 bits per heavy atom. The Balaban J connectivity index is 1.61. The van der Waals surface area contributed by atoms with Crippen LogP contribution in [0.3, 0.4) is 0 Å². The average Bonchev–Trinajstić information content (AvgIpc) is 2.74. The first kappa shape index (κ1) is 21.6. The van der Waals surface area contributed by atoms with E-state index >= 15 is 0 Å². The van der Waals surface area contributed by atoms with E-state index in [1.807, 2.05) is 19.9 Å². The Bertz CT molecular complexity index is 1060. The number of urea groups is 1. The van der Waals surface area contributed by atoms with Crippen LogP contribution >= 0.6 is 0 Å². The summed E-state index contributed by atoms with van der Waals surface area (Å²) in [6, 6.07) is 22.1. The van der Waals surface area contributed by atoms with Gasteiger partial charge in [0.1, 0.15) is 0 Å². The molecule has 0 fully saturated rings. The number of rotatable bonds is 6. The van der Waals surface area contributed by atoms with Crippen LogP contribution in [0.4, 0.5) is 21.9 Å². The number of nitrogens with one attached hydrogen (secondary N) is 4. The van der Waals surface area contributed by atoms with Crippen LogP contribution in [0.1, 0.15) is 34.6 Å². The summed E-state index contributed by atoms with van der Waals surface area (Å²) in [5.74, 6) is -0.529. The van der Waals surface area contributed by atoms with Crippen LogP contribution in [-0.4, -0.2) is 23.9 Å². The number of amides is 4. The summed E-state index contributed by atoms with van der Waals surface area (Å²) < 4.78 is 0. The molecule has 0 aliphatic carbocycles. The summed E-state index contributed by atoms with van der Waals surface area (Å²) in [7, 11) is 0. The molecule has 0 saturated heterocycles. The molecule has 7 nitrogen and oxygen atoms in total. The summed E-state index contributed by atoms with van der Waals surface area (Å²) in [5, 5.41) is 11.1. The molecule has 0 spiro atoms. The molecule has 3 aromatic rings. The smallest absolute Gasteiger partial charge is 0.319 e. The molecule has 3 aromatic carbocycles. The third kappa shape index (κ3) is 6.43. The van der Waals surface area contributed by atoms with Crippen molar-refractivity contribution in [2.24, 2.45) is 0 Å². The Morgan fingerprint density at radius 2 is 1.16 bits per heavy atom. The van der Waals surface area contributed by atoms with Crippen LogP contribution in [0.2, 0.25) is 0 Å². The summed E-state index contributed by atoms with van der Waals surface area (Å²) >= 11 is 0. The summed E-state index contributed by atoms with van der Waals surface area (Å²) in [4.78, 5) is 36.6. The Morgan fingerprint density at radius 1 is 0.613 bits per heavy atom. The Kier molecular flexibility index (Phi) is 7.01. The van der Waals surface area contributed by atoms with Gasteiger partial charge in [0.25, 0.3) is 11.8 Å². The summed E-state index contributed by atoms with van der Waals surface area (Å²) in [6.07, 6.45) is 0. The molecule has 158 valence electrons. The lowest BCUT2D eigenvalue weighted by atomic mass is 10.1. The van der Waals surface area contributed by atoms with Gasteiger partial charge in [-0.05, 0) is 68.4 Å². The molecular formula is C24H24N4O3. The molecule has 0 heterocycles. The predicted molar refractivity (Wildman–Crippen MR) is 123 cm³/mol. The molecule has 4 amide bonds. The Hall–Kier alpha value is -4.13. The summed E-state index contributed by atoms with van der Waals surface area (Å²) in [6.45, 7) is 3.74. The highest BCUT2D eigenvalue weighted by molar-refractivity contribution is 6.06. The van der Waals surface area contributed by atoms with Crippen LogP contribution in [-0.2, 0) is 0 Å². The number of hydrogen-bond donors (Lipinski definition) is 4. The van der Waals surface area contributed by atoms with Gasteiger partial charge in [-0.1, -0.05) is 24.3 Å². The van der Waals surface area contributed by atoms with Crippen molar-refractivity contribution in [2.45, 2.75) is 19.9 Å². The van der Waals surface area contributed by atoms with Crippen molar-refractivity contribution in [3.63, 3.8) is 0 Å². The number of anilines is 3. The zero-order chi connectivity index (χ0) is 22.2. The molecule has 0 aliphatic heterocycles.